The zero-order valence-corrected chi connectivity index (χ0v) is 17.2. The smallest absolute Gasteiger partial charge is 0.276 e. The Bertz CT molecular complexity index is 1230. The fourth-order valence-electron chi connectivity index (χ4n) is 5.46. The van der Waals surface area contributed by atoms with Crippen molar-refractivity contribution < 1.29 is 28.2 Å². The average molecular weight is 445 g/mol. The highest BCUT2D eigenvalue weighted by Crippen LogP contribution is 2.51. The van der Waals surface area contributed by atoms with Crippen LogP contribution in [0.1, 0.15) is 58.5 Å². The van der Waals surface area contributed by atoms with E-state index >= 15 is 0 Å². The standard InChI is InChI=1S/C22H21F2N3O5/c1-10(13-3-2-11(23)6-15(13)24)22-5-4-12(7-22)27-16(32-22)9-26-8-14(20(25)30)18(28)19(29)17(26)21(27)31/h2-3,6,8,10,12,16,29H,4-5,7,9H2,1H3,(H2,25,30)/t10-,12?,16?,22?/m0/s1. The molecule has 0 radical (unpaired) electrons. The summed E-state index contributed by atoms with van der Waals surface area (Å²) in [7, 11) is 0. The lowest BCUT2D eigenvalue weighted by Crippen LogP contribution is -2.60. The summed E-state index contributed by atoms with van der Waals surface area (Å²) in [6.45, 7) is 1.88. The molecule has 2 amide bonds. The van der Waals surface area contributed by atoms with Gasteiger partial charge in [0.2, 0.25) is 5.43 Å². The molecule has 5 rings (SSSR count). The van der Waals surface area contributed by atoms with Crippen LogP contribution in [0.3, 0.4) is 0 Å². The summed E-state index contributed by atoms with van der Waals surface area (Å²) in [6.07, 6.45) is 2.01. The summed E-state index contributed by atoms with van der Waals surface area (Å²) in [6, 6.07) is 3.23. The van der Waals surface area contributed by atoms with Gasteiger partial charge in [-0.15, -0.1) is 0 Å². The van der Waals surface area contributed by atoms with Gasteiger partial charge in [0.15, 0.2) is 17.7 Å². The van der Waals surface area contributed by atoms with E-state index in [-0.39, 0.29) is 18.3 Å². The molecule has 8 nitrogen and oxygen atoms in total. The van der Waals surface area contributed by atoms with Gasteiger partial charge >= 0.3 is 0 Å². The SMILES string of the molecule is C[C@@H](c1ccc(F)cc1F)C12CCC(C1)N1C(=O)c3c(O)c(=O)c(C(N)=O)cn3CC1O2. The first-order valence-electron chi connectivity index (χ1n) is 10.3. The molecule has 2 aromatic rings. The van der Waals surface area contributed by atoms with E-state index < -0.39 is 57.9 Å². The number of ether oxygens (including phenoxy) is 1. The predicted molar refractivity (Wildman–Crippen MR) is 107 cm³/mol. The number of carbonyl (C=O) groups is 2. The molecular formula is C22H21F2N3O5. The van der Waals surface area contributed by atoms with Crippen molar-refractivity contribution in [1.29, 1.82) is 0 Å². The van der Waals surface area contributed by atoms with Gasteiger partial charge < -0.3 is 25.0 Å². The van der Waals surface area contributed by atoms with Gasteiger partial charge in [0.1, 0.15) is 17.2 Å². The maximum atomic E-state index is 14.5. The minimum atomic E-state index is -1.02. The van der Waals surface area contributed by atoms with Crippen molar-refractivity contribution in [3.8, 4) is 5.75 Å². The number of carbonyl (C=O) groups excluding carboxylic acids is 2. The molecule has 168 valence electrons. The minimum Gasteiger partial charge on any atom is -0.503 e. The first kappa shape index (κ1) is 20.6. The van der Waals surface area contributed by atoms with Gasteiger partial charge in [0, 0.05) is 24.2 Å². The summed E-state index contributed by atoms with van der Waals surface area (Å²) in [5, 5.41) is 10.3. The Hall–Kier alpha value is -3.27. The lowest BCUT2D eigenvalue weighted by atomic mass is 9.80. The van der Waals surface area contributed by atoms with Crippen LogP contribution in [-0.2, 0) is 11.3 Å². The third-order valence-corrected chi connectivity index (χ3v) is 7.09. The molecule has 1 saturated carbocycles. The number of hydrogen-bond donors (Lipinski definition) is 2. The number of nitrogens with zero attached hydrogens (tertiary/aromatic N) is 2. The molecule has 4 atom stereocenters. The molecule has 3 unspecified atom stereocenters. The van der Waals surface area contributed by atoms with Crippen LogP contribution in [0.15, 0.2) is 29.2 Å². The van der Waals surface area contributed by atoms with Gasteiger partial charge in [-0.2, -0.15) is 0 Å². The Morgan fingerprint density at radius 2 is 2.09 bits per heavy atom. The third-order valence-electron chi connectivity index (χ3n) is 7.09. The number of hydrogen-bond acceptors (Lipinski definition) is 5. The van der Waals surface area contributed by atoms with E-state index in [1.165, 1.54) is 21.6 Å². The molecule has 10 heteroatoms. The molecule has 1 aliphatic carbocycles. The Morgan fingerprint density at radius 3 is 2.78 bits per heavy atom. The van der Waals surface area contributed by atoms with E-state index in [2.05, 4.69) is 0 Å². The number of pyridine rings is 1. The molecule has 3 N–H and O–H groups in total. The van der Waals surface area contributed by atoms with E-state index in [0.717, 1.165) is 12.3 Å². The Labute approximate surface area is 181 Å². The second-order valence-corrected chi connectivity index (χ2v) is 8.72. The Morgan fingerprint density at radius 1 is 1.34 bits per heavy atom. The van der Waals surface area contributed by atoms with Crippen molar-refractivity contribution in [2.24, 2.45) is 5.73 Å². The number of amides is 2. The predicted octanol–water partition coefficient (Wildman–Crippen LogP) is 1.84. The van der Waals surface area contributed by atoms with E-state index in [0.29, 0.717) is 24.8 Å². The molecule has 3 heterocycles. The Balaban J connectivity index is 1.54. The topological polar surface area (TPSA) is 115 Å². The molecule has 1 saturated heterocycles. The fourth-order valence-corrected chi connectivity index (χ4v) is 5.46. The average Bonchev–Trinajstić information content (AvgIpc) is 3.07. The number of aromatic hydroxyl groups is 1. The van der Waals surface area contributed by atoms with Gasteiger partial charge in [0.05, 0.1) is 12.1 Å². The van der Waals surface area contributed by atoms with E-state index in [4.69, 9.17) is 10.5 Å². The lowest BCUT2D eigenvalue weighted by Gasteiger charge is -2.50. The maximum Gasteiger partial charge on any atom is 0.276 e. The van der Waals surface area contributed by atoms with Crippen molar-refractivity contribution in [2.45, 2.75) is 56.5 Å². The van der Waals surface area contributed by atoms with Crippen LogP contribution >= 0.6 is 0 Å². The number of fused-ring (bicyclic) bond motifs is 5. The van der Waals surface area contributed by atoms with Crippen LogP contribution < -0.4 is 11.2 Å². The molecular weight excluding hydrogens is 424 g/mol. The van der Waals surface area contributed by atoms with Crippen molar-refractivity contribution in [1.82, 2.24) is 9.47 Å². The van der Waals surface area contributed by atoms with Crippen LogP contribution in [0.4, 0.5) is 8.78 Å². The molecule has 2 aliphatic heterocycles. The van der Waals surface area contributed by atoms with Gasteiger partial charge in [0.25, 0.3) is 11.8 Å². The first-order valence-corrected chi connectivity index (χ1v) is 10.3. The number of rotatable bonds is 3. The zero-order valence-electron chi connectivity index (χ0n) is 17.2. The molecule has 1 aromatic carbocycles. The molecule has 1 aromatic heterocycles. The second kappa shape index (κ2) is 6.86. The molecule has 2 bridgehead atoms. The highest BCUT2D eigenvalue weighted by molar-refractivity contribution is 5.98. The molecule has 2 fully saturated rings. The van der Waals surface area contributed by atoms with Crippen molar-refractivity contribution in [2.75, 3.05) is 0 Å². The maximum absolute atomic E-state index is 14.5. The van der Waals surface area contributed by atoms with E-state index in [1.54, 1.807) is 0 Å². The van der Waals surface area contributed by atoms with Crippen LogP contribution in [0.5, 0.6) is 5.75 Å². The number of primary amides is 1. The van der Waals surface area contributed by atoms with Gasteiger partial charge in [-0.05, 0) is 30.9 Å². The summed E-state index contributed by atoms with van der Waals surface area (Å²) in [5.74, 6) is -4.13. The normalized spacial score (nSPS) is 27.1. The van der Waals surface area contributed by atoms with Crippen LogP contribution in [0.25, 0.3) is 0 Å². The fraction of sp³-hybridized carbons (Fsp3) is 0.409. The minimum absolute atomic E-state index is 0.0616. The number of aromatic nitrogens is 1. The summed E-state index contributed by atoms with van der Waals surface area (Å²) in [5.41, 5.74) is 3.17. The highest BCUT2D eigenvalue weighted by Gasteiger charge is 2.56. The quantitative estimate of drug-likeness (QED) is 0.748. The van der Waals surface area contributed by atoms with Gasteiger partial charge in [-0.1, -0.05) is 13.0 Å². The van der Waals surface area contributed by atoms with Gasteiger partial charge in [-0.3, -0.25) is 14.4 Å². The van der Waals surface area contributed by atoms with Crippen molar-refractivity contribution in [3.63, 3.8) is 0 Å². The van der Waals surface area contributed by atoms with E-state index in [1.807, 2.05) is 6.92 Å². The zero-order chi connectivity index (χ0) is 22.9. The molecule has 32 heavy (non-hydrogen) atoms. The number of benzene rings is 1. The lowest BCUT2D eigenvalue weighted by molar-refractivity contribution is -0.192. The first-order chi connectivity index (χ1) is 15.1. The molecule has 0 spiro atoms. The molecule has 3 aliphatic rings. The number of nitrogens with two attached hydrogens (primary N) is 1. The Kier molecular flexibility index (Phi) is 4.42. The second-order valence-electron chi connectivity index (χ2n) is 8.72. The van der Waals surface area contributed by atoms with E-state index in [9.17, 15) is 28.3 Å². The monoisotopic (exact) mass is 445 g/mol. The van der Waals surface area contributed by atoms with Gasteiger partial charge in [-0.25, -0.2) is 8.78 Å². The summed E-state index contributed by atoms with van der Waals surface area (Å²) >= 11 is 0. The summed E-state index contributed by atoms with van der Waals surface area (Å²) in [4.78, 5) is 38.6. The number of halogens is 2. The summed E-state index contributed by atoms with van der Waals surface area (Å²) < 4.78 is 35.6. The van der Waals surface area contributed by atoms with Crippen LogP contribution in [0.2, 0.25) is 0 Å². The largest absolute Gasteiger partial charge is 0.503 e. The van der Waals surface area contributed by atoms with Crippen LogP contribution in [0, 0.1) is 11.6 Å². The highest BCUT2D eigenvalue weighted by atomic mass is 19.1. The van der Waals surface area contributed by atoms with Crippen molar-refractivity contribution >= 4 is 11.8 Å². The van der Waals surface area contributed by atoms with Crippen molar-refractivity contribution in [3.05, 3.63) is 63.1 Å². The third kappa shape index (κ3) is 2.78. The van der Waals surface area contributed by atoms with Crippen LogP contribution in [-0.4, -0.2) is 44.3 Å².